The number of benzene rings is 2. The smallest absolute Gasteiger partial charge is 0.253 e. The Balaban J connectivity index is 1.18. The Morgan fingerprint density at radius 1 is 1.03 bits per heavy atom. The summed E-state index contributed by atoms with van der Waals surface area (Å²) in [7, 11) is 0. The maximum Gasteiger partial charge on any atom is 0.253 e. The lowest BCUT2D eigenvalue weighted by molar-refractivity contribution is 0.0689. The van der Waals surface area contributed by atoms with Crippen LogP contribution >= 0.6 is 11.3 Å². The Kier molecular flexibility index (Phi) is 7.64. The monoisotopic (exact) mass is 518 g/mol. The number of carbonyl (C=O) groups excluding carboxylic acids is 1. The van der Waals surface area contributed by atoms with Crippen LogP contribution in [-0.2, 0) is 0 Å². The first-order valence-electron chi connectivity index (χ1n) is 12.0. The van der Waals surface area contributed by atoms with Crippen LogP contribution in [0.15, 0.2) is 72.4 Å². The fraction of sp³-hybridized carbons (Fsp3) is 0.231. The number of carbonyl (C=O) groups is 1. The standard InChI is InChI=1S/C26H27FN8OS/c27-18-5-9-19(10-6-18)31-22-11-12-30-26(34-22)33-20-7-3-17(4-8-20)25(36)35-14-1-2-21(16-35)32-23(28)24-29-13-15-37-24/h3-13,15,21,23,32H,1-2,14,16,28H2,(H2,30,31,33,34). The van der Waals surface area contributed by atoms with Crippen molar-refractivity contribution in [2.45, 2.75) is 25.0 Å². The Bertz CT molecular complexity index is 1320. The quantitative estimate of drug-likeness (QED) is 0.253. The number of hydrogen-bond donors (Lipinski definition) is 4. The third kappa shape index (κ3) is 6.45. The molecule has 37 heavy (non-hydrogen) atoms. The highest BCUT2D eigenvalue weighted by molar-refractivity contribution is 7.09. The molecule has 1 saturated heterocycles. The van der Waals surface area contributed by atoms with Gasteiger partial charge in [0.25, 0.3) is 5.91 Å². The number of aromatic nitrogens is 3. The molecule has 1 aliphatic heterocycles. The molecule has 2 aromatic heterocycles. The summed E-state index contributed by atoms with van der Waals surface area (Å²) in [5.74, 6) is 0.652. The summed E-state index contributed by atoms with van der Waals surface area (Å²) < 4.78 is 13.1. The zero-order chi connectivity index (χ0) is 25.6. The van der Waals surface area contributed by atoms with Crippen LogP contribution in [0.1, 0.15) is 34.4 Å². The number of amides is 1. The van der Waals surface area contributed by atoms with E-state index in [1.807, 2.05) is 22.4 Å². The fourth-order valence-electron chi connectivity index (χ4n) is 4.19. The van der Waals surface area contributed by atoms with Gasteiger partial charge < -0.3 is 21.3 Å². The molecular formula is C26H27FN8OS. The number of rotatable bonds is 8. The molecule has 190 valence electrons. The Hall–Kier alpha value is -3.93. The predicted molar refractivity (Wildman–Crippen MR) is 143 cm³/mol. The minimum absolute atomic E-state index is 0.0115. The number of thiazole rings is 1. The normalized spacial score (nSPS) is 16.3. The Morgan fingerprint density at radius 2 is 1.78 bits per heavy atom. The van der Waals surface area contributed by atoms with Crippen LogP contribution in [0.5, 0.6) is 0 Å². The van der Waals surface area contributed by atoms with E-state index in [9.17, 15) is 9.18 Å². The number of hydrogen-bond acceptors (Lipinski definition) is 9. The van der Waals surface area contributed by atoms with Crippen molar-refractivity contribution in [3.05, 3.63) is 88.8 Å². The van der Waals surface area contributed by atoms with Crippen LogP contribution in [0.2, 0.25) is 0 Å². The van der Waals surface area contributed by atoms with E-state index in [4.69, 9.17) is 5.73 Å². The Labute approximate surface area is 218 Å². The van der Waals surface area contributed by atoms with Crippen LogP contribution in [0.25, 0.3) is 0 Å². The van der Waals surface area contributed by atoms with Crippen molar-refractivity contribution < 1.29 is 9.18 Å². The van der Waals surface area contributed by atoms with Crippen molar-refractivity contribution >= 4 is 40.4 Å². The number of piperidine rings is 1. The molecule has 2 unspecified atom stereocenters. The summed E-state index contributed by atoms with van der Waals surface area (Å²) in [6.07, 6.45) is 4.90. The second-order valence-corrected chi connectivity index (χ2v) is 9.63. The number of nitrogens with two attached hydrogens (primary N) is 1. The zero-order valence-corrected chi connectivity index (χ0v) is 20.8. The molecule has 1 aliphatic rings. The van der Waals surface area contributed by atoms with Gasteiger partial charge in [0.1, 0.15) is 22.8 Å². The van der Waals surface area contributed by atoms with Crippen LogP contribution in [0.3, 0.4) is 0 Å². The maximum atomic E-state index is 13.1. The van der Waals surface area contributed by atoms with E-state index in [0.29, 0.717) is 36.1 Å². The van der Waals surface area contributed by atoms with Crippen LogP contribution in [0.4, 0.5) is 27.5 Å². The van der Waals surface area contributed by atoms with Gasteiger partial charge >= 0.3 is 0 Å². The summed E-state index contributed by atoms with van der Waals surface area (Å²) >= 11 is 1.52. The fourth-order valence-corrected chi connectivity index (χ4v) is 4.79. The van der Waals surface area contributed by atoms with Gasteiger partial charge in [-0.25, -0.2) is 14.4 Å². The van der Waals surface area contributed by atoms with E-state index < -0.39 is 0 Å². The van der Waals surface area contributed by atoms with Gasteiger partial charge in [-0.15, -0.1) is 11.3 Å². The highest BCUT2D eigenvalue weighted by Crippen LogP contribution is 2.21. The largest absolute Gasteiger partial charge is 0.340 e. The molecule has 3 heterocycles. The molecule has 1 fully saturated rings. The highest BCUT2D eigenvalue weighted by atomic mass is 32.1. The van der Waals surface area contributed by atoms with Crippen LogP contribution in [0, 0.1) is 5.82 Å². The summed E-state index contributed by atoms with van der Waals surface area (Å²) in [5, 5.41) is 12.4. The Morgan fingerprint density at radius 3 is 2.54 bits per heavy atom. The van der Waals surface area contributed by atoms with Crippen molar-refractivity contribution in [1.82, 2.24) is 25.2 Å². The molecule has 11 heteroatoms. The van der Waals surface area contributed by atoms with Gasteiger partial charge in [-0.2, -0.15) is 4.98 Å². The molecule has 2 atom stereocenters. The molecule has 9 nitrogen and oxygen atoms in total. The van der Waals surface area contributed by atoms with Crippen LogP contribution < -0.4 is 21.7 Å². The molecule has 0 bridgehead atoms. The number of nitrogens with zero attached hydrogens (tertiary/aromatic N) is 4. The molecule has 0 aliphatic carbocycles. The number of anilines is 4. The van der Waals surface area contributed by atoms with E-state index >= 15 is 0 Å². The second-order valence-electron chi connectivity index (χ2n) is 8.70. The molecule has 0 radical (unpaired) electrons. The van der Waals surface area contributed by atoms with Crippen molar-refractivity contribution in [2.75, 3.05) is 23.7 Å². The van der Waals surface area contributed by atoms with Crippen molar-refractivity contribution in [3.63, 3.8) is 0 Å². The number of halogens is 1. The van der Waals surface area contributed by atoms with Gasteiger partial charge in [0.15, 0.2) is 0 Å². The van der Waals surface area contributed by atoms with Gasteiger partial charge in [0.05, 0.1) is 0 Å². The third-order valence-corrected chi connectivity index (χ3v) is 6.86. The first-order valence-corrected chi connectivity index (χ1v) is 12.8. The van der Waals surface area contributed by atoms with Crippen molar-refractivity contribution in [2.24, 2.45) is 5.73 Å². The van der Waals surface area contributed by atoms with Gasteiger partial charge in [0.2, 0.25) is 5.95 Å². The SMILES string of the molecule is NC(NC1CCCN(C(=O)c2ccc(Nc3nccc(Nc4ccc(F)cc4)n3)cc2)C1)c1nccs1. The molecule has 5 rings (SSSR count). The van der Waals surface area contributed by atoms with E-state index in [0.717, 1.165) is 23.5 Å². The van der Waals surface area contributed by atoms with E-state index in [-0.39, 0.29) is 23.9 Å². The summed E-state index contributed by atoms with van der Waals surface area (Å²) in [6.45, 7) is 1.31. The molecule has 2 aromatic carbocycles. The minimum Gasteiger partial charge on any atom is -0.340 e. The number of nitrogens with one attached hydrogen (secondary N) is 3. The molecule has 5 N–H and O–H groups in total. The molecule has 0 saturated carbocycles. The van der Waals surface area contributed by atoms with Gasteiger partial charge in [0, 0.05) is 53.8 Å². The van der Waals surface area contributed by atoms with Crippen molar-refractivity contribution in [1.29, 1.82) is 0 Å². The molecule has 1 amide bonds. The number of likely N-dealkylation sites (tertiary alicyclic amines) is 1. The lowest BCUT2D eigenvalue weighted by Gasteiger charge is -2.34. The van der Waals surface area contributed by atoms with E-state index in [2.05, 4.69) is 30.9 Å². The molecule has 4 aromatic rings. The topological polar surface area (TPSA) is 121 Å². The maximum absolute atomic E-state index is 13.1. The lowest BCUT2D eigenvalue weighted by atomic mass is 10.0. The van der Waals surface area contributed by atoms with Gasteiger partial charge in [-0.1, -0.05) is 0 Å². The van der Waals surface area contributed by atoms with Crippen molar-refractivity contribution in [3.8, 4) is 0 Å². The first-order chi connectivity index (χ1) is 18.0. The van der Waals surface area contributed by atoms with Crippen LogP contribution in [-0.4, -0.2) is 44.9 Å². The highest BCUT2D eigenvalue weighted by Gasteiger charge is 2.26. The van der Waals surface area contributed by atoms with Gasteiger partial charge in [-0.05, 0) is 67.4 Å². The van der Waals surface area contributed by atoms with Gasteiger partial charge in [-0.3, -0.25) is 10.1 Å². The summed E-state index contributed by atoms with van der Waals surface area (Å²) in [4.78, 5) is 28.0. The average Bonchev–Trinajstić information content (AvgIpc) is 3.46. The lowest BCUT2D eigenvalue weighted by Crippen LogP contribution is -2.50. The zero-order valence-electron chi connectivity index (χ0n) is 20.0. The minimum atomic E-state index is -0.336. The second kappa shape index (κ2) is 11.4. The van der Waals surface area contributed by atoms with E-state index in [1.165, 1.54) is 23.5 Å². The first kappa shape index (κ1) is 24.8. The molecule has 0 spiro atoms. The summed E-state index contributed by atoms with van der Waals surface area (Å²) in [5.41, 5.74) is 8.32. The predicted octanol–water partition coefficient (Wildman–Crippen LogP) is 4.41. The average molecular weight is 519 g/mol. The summed E-state index contributed by atoms with van der Waals surface area (Å²) in [6, 6.07) is 15.1. The van der Waals surface area contributed by atoms with E-state index in [1.54, 1.807) is 42.7 Å². The third-order valence-electron chi connectivity index (χ3n) is 6.00. The molecular weight excluding hydrogens is 491 g/mol.